The molecule has 1 heterocycles. The standard InChI is InChI=1S/C21H26N2O6S/c1-6-28-21(26)17-13(4)18(19(25)22-12(2)3)30-20(17)23-16(24)11-29-15-9-7-14(27-5)8-10-15/h7-10,12H,6,11H2,1-5H3,(H,22,25)(H,23,24). The van der Waals surface area contributed by atoms with Gasteiger partial charge in [0.25, 0.3) is 11.8 Å². The molecule has 0 fully saturated rings. The van der Waals surface area contributed by atoms with E-state index in [4.69, 9.17) is 14.2 Å². The molecule has 0 radical (unpaired) electrons. The lowest BCUT2D eigenvalue weighted by atomic mass is 10.1. The van der Waals surface area contributed by atoms with Crippen molar-refractivity contribution in [1.29, 1.82) is 0 Å². The molecule has 0 saturated heterocycles. The Balaban J connectivity index is 2.17. The molecule has 1 aromatic carbocycles. The van der Waals surface area contributed by atoms with Crippen molar-refractivity contribution in [3.63, 3.8) is 0 Å². The van der Waals surface area contributed by atoms with Crippen molar-refractivity contribution in [3.05, 3.63) is 40.3 Å². The van der Waals surface area contributed by atoms with E-state index in [0.717, 1.165) is 11.3 Å². The summed E-state index contributed by atoms with van der Waals surface area (Å²) in [5.74, 6) is -0.203. The number of hydrogen-bond donors (Lipinski definition) is 2. The molecule has 0 spiro atoms. The second-order valence-electron chi connectivity index (χ2n) is 6.62. The Morgan fingerprint density at radius 2 is 1.73 bits per heavy atom. The molecule has 0 aliphatic heterocycles. The predicted octanol–water partition coefficient (Wildman–Crippen LogP) is 3.40. The molecule has 9 heteroatoms. The van der Waals surface area contributed by atoms with Crippen LogP contribution in [0.4, 0.5) is 5.00 Å². The van der Waals surface area contributed by atoms with E-state index in [1.165, 1.54) is 0 Å². The first-order valence-corrected chi connectivity index (χ1v) is 10.3. The van der Waals surface area contributed by atoms with Crippen molar-refractivity contribution in [3.8, 4) is 11.5 Å². The number of benzene rings is 1. The van der Waals surface area contributed by atoms with Crippen LogP contribution in [0.25, 0.3) is 0 Å². The van der Waals surface area contributed by atoms with Crippen LogP contribution in [0, 0.1) is 6.92 Å². The molecule has 2 aromatic rings. The topological polar surface area (TPSA) is 103 Å². The molecular formula is C21H26N2O6S. The third-order valence-corrected chi connectivity index (χ3v) is 5.14. The molecule has 8 nitrogen and oxygen atoms in total. The Labute approximate surface area is 179 Å². The summed E-state index contributed by atoms with van der Waals surface area (Å²) in [6.45, 7) is 6.93. The molecule has 2 amide bonds. The number of methoxy groups -OCH3 is 1. The smallest absolute Gasteiger partial charge is 0.341 e. The second kappa shape index (κ2) is 10.6. The van der Waals surface area contributed by atoms with Gasteiger partial charge in [0.1, 0.15) is 16.5 Å². The van der Waals surface area contributed by atoms with E-state index in [-0.39, 0.29) is 35.7 Å². The number of carbonyl (C=O) groups excluding carboxylic acids is 3. The summed E-state index contributed by atoms with van der Waals surface area (Å²) in [4.78, 5) is 37.6. The molecule has 162 valence electrons. The Bertz CT molecular complexity index is 905. The summed E-state index contributed by atoms with van der Waals surface area (Å²) in [5.41, 5.74) is 0.636. The highest BCUT2D eigenvalue weighted by molar-refractivity contribution is 7.18. The van der Waals surface area contributed by atoms with Crippen molar-refractivity contribution in [1.82, 2.24) is 5.32 Å². The first-order chi connectivity index (χ1) is 14.3. The van der Waals surface area contributed by atoms with Crippen LogP contribution in [0.1, 0.15) is 46.4 Å². The van der Waals surface area contributed by atoms with E-state index < -0.39 is 11.9 Å². The maximum atomic E-state index is 12.5. The van der Waals surface area contributed by atoms with Gasteiger partial charge in [-0.05, 0) is 57.5 Å². The summed E-state index contributed by atoms with van der Waals surface area (Å²) in [5, 5.41) is 5.71. The molecular weight excluding hydrogens is 408 g/mol. The molecule has 0 bridgehead atoms. The Kier molecular flexibility index (Phi) is 8.23. The van der Waals surface area contributed by atoms with Crippen LogP contribution < -0.4 is 20.1 Å². The van der Waals surface area contributed by atoms with Crippen LogP contribution in [-0.4, -0.2) is 44.1 Å². The number of amides is 2. The second-order valence-corrected chi connectivity index (χ2v) is 7.64. The molecule has 0 unspecified atom stereocenters. The highest BCUT2D eigenvalue weighted by atomic mass is 32.1. The lowest BCUT2D eigenvalue weighted by Crippen LogP contribution is -2.29. The largest absolute Gasteiger partial charge is 0.497 e. The van der Waals surface area contributed by atoms with Gasteiger partial charge in [0.15, 0.2) is 6.61 Å². The number of carbonyl (C=O) groups is 3. The summed E-state index contributed by atoms with van der Waals surface area (Å²) in [6.07, 6.45) is 0. The van der Waals surface area contributed by atoms with E-state index >= 15 is 0 Å². The molecule has 2 N–H and O–H groups in total. The molecule has 0 saturated carbocycles. The number of rotatable bonds is 9. The minimum absolute atomic E-state index is 0.0685. The van der Waals surface area contributed by atoms with Gasteiger partial charge < -0.3 is 24.8 Å². The molecule has 0 aliphatic rings. The van der Waals surface area contributed by atoms with E-state index in [1.807, 2.05) is 13.8 Å². The molecule has 1 aromatic heterocycles. The number of anilines is 1. The third kappa shape index (κ3) is 5.96. The van der Waals surface area contributed by atoms with Crippen LogP contribution in [0.5, 0.6) is 11.5 Å². The summed E-state index contributed by atoms with van der Waals surface area (Å²) in [6, 6.07) is 6.73. The lowest BCUT2D eigenvalue weighted by molar-refractivity contribution is -0.118. The number of ether oxygens (including phenoxy) is 3. The van der Waals surface area contributed by atoms with Gasteiger partial charge in [0, 0.05) is 6.04 Å². The van der Waals surface area contributed by atoms with Gasteiger partial charge in [-0.15, -0.1) is 11.3 Å². The van der Waals surface area contributed by atoms with Gasteiger partial charge >= 0.3 is 5.97 Å². The summed E-state index contributed by atoms with van der Waals surface area (Å²) >= 11 is 1.03. The Morgan fingerprint density at radius 1 is 1.10 bits per heavy atom. The van der Waals surface area contributed by atoms with E-state index in [0.29, 0.717) is 21.9 Å². The molecule has 0 atom stereocenters. The van der Waals surface area contributed by atoms with E-state index in [2.05, 4.69) is 10.6 Å². The van der Waals surface area contributed by atoms with Gasteiger partial charge in [0.05, 0.1) is 24.2 Å². The molecule has 30 heavy (non-hydrogen) atoms. The fraction of sp³-hybridized carbons (Fsp3) is 0.381. The van der Waals surface area contributed by atoms with Gasteiger partial charge in [-0.25, -0.2) is 4.79 Å². The Hall–Kier alpha value is -3.07. The van der Waals surface area contributed by atoms with Crippen LogP contribution in [-0.2, 0) is 9.53 Å². The summed E-state index contributed by atoms with van der Waals surface area (Å²) < 4.78 is 15.6. The van der Waals surface area contributed by atoms with Crippen LogP contribution >= 0.6 is 11.3 Å². The minimum atomic E-state index is -0.596. The number of thiophene rings is 1. The summed E-state index contributed by atoms with van der Waals surface area (Å²) in [7, 11) is 1.56. The fourth-order valence-electron chi connectivity index (χ4n) is 2.58. The maximum Gasteiger partial charge on any atom is 0.341 e. The van der Waals surface area contributed by atoms with Crippen molar-refractivity contribution in [2.24, 2.45) is 0 Å². The van der Waals surface area contributed by atoms with Gasteiger partial charge in [-0.1, -0.05) is 0 Å². The van der Waals surface area contributed by atoms with Gasteiger partial charge in [-0.3, -0.25) is 9.59 Å². The SMILES string of the molecule is CCOC(=O)c1c(NC(=O)COc2ccc(OC)cc2)sc(C(=O)NC(C)C)c1C. The monoisotopic (exact) mass is 434 g/mol. The fourth-order valence-corrected chi connectivity index (χ4v) is 3.69. The molecule has 0 aliphatic carbocycles. The molecule has 2 rings (SSSR count). The van der Waals surface area contributed by atoms with Crippen LogP contribution in [0.3, 0.4) is 0 Å². The van der Waals surface area contributed by atoms with Crippen molar-refractivity contribution >= 4 is 34.1 Å². The predicted molar refractivity (Wildman–Crippen MR) is 115 cm³/mol. The van der Waals surface area contributed by atoms with Gasteiger partial charge in [0.2, 0.25) is 0 Å². The zero-order chi connectivity index (χ0) is 22.3. The van der Waals surface area contributed by atoms with E-state index in [9.17, 15) is 14.4 Å². The normalized spacial score (nSPS) is 10.5. The minimum Gasteiger partial charge on any atom is -0.497 e. The van der Waals surface area contributed by atoms with Crippen LogP contribution in [0.2, 0.25) is 0 Å². The van der Waals surface area contributed by atoms with Crippen molar-refractivity contribution in [2.75, 3.05) is 25.6 Å². The first kappa shape index (κ1) is 23.2. The number of nitrogens with one attached hydrogen (secondary N) is 2. The first-order valence-electron chi connectivity index (χ1n) is 9.44. The third-order valence-electron chi connectivity index (χ3n) is 3.93. The zero-order valence-corrected chi connectivity index (χ0v) is 18.5. The quantitative estimate of drug-likeness (QED) is 0.587. The number of esters is 1. The van der Waals surface area contributed by atoms with Crippen molar-refractivity contribution in [2.45, 2.75) is 33.7 Å². The van der Waals surface area contributed by atoms with E-state index in [1.54, 1.807) is 45.2 Å². The number of hydrogen-bond acceptors (Lipinski definition) is 7. The lowest BCUT2D eigenvalue weighted by Gasteiger charge is -2.09. The van der Waals surface area contributed by atoms with Crippen LogP contribution in [0.15, 0.2) is 24.3 Å². The highest BCUT2D eigenvalue weighted by Gasteiger charge is 2.27. The average Bonchev–Trinajstić information content (AvgIpc) is 3.02. The zero-order valence-electron chi connectivity index (χ0n) is 17.7. The van der Waals surface area contributed by atoms with Crippen molar-refractivity contribution < 1.29 is 28.6 Å². The Morgan fingerprint density at radius 3 is 2.30 bits per heavy atom. The maximum absolute atomic E-state index is 12.5. The van der Waals surface area contributed by atoms with Gasteiger partial charge in [-0.2, -0.15) is 0 Å². The average molecular weight is 435 g/mol. The highest BCUT2D eigenvalue weighted by Crippen LogP contribution is 2.34.